The molecule has 0 heterocycles. The molecule has 0 spiro atoms. The van der Waals surface area contributed by atoms with E-state index < -0.39 is 5.60 Å². The summed E-state index contributed by atoms with van der Waals surface area (Å²) in [5.74, 6) is -0.0427. The fourth-order valence-electron chi connectivity index (χ4n) is 2.06. The molecule has 0 radical (unpaired) electrons. The first-order chi connectivity index (χ1) is 7.81. The van der Waals surface area contributed by atoms with Crippen LogP contribution in [0.3, 0.4) is 0 Å². The highest BCUT2D eigenvalue weighted by molar-refractivity contribution is 5.78. The topological polar surface area (TPSA) is 61.4 Å². The second-order valence-electron chi connectivity index (χ2n) is 6.17. The number of carbonyl (C=O) groups is 1. The molecule has 0 unspecified atom stereocenters. The fourth-order valence-corrected chi connectivity index (χ4v) is 2.06. The number of hydrogen-bond acceptors (Lipinski definition) is 3. The molecule has 1 aliphatic carbocycles. The predicted molar refractivity (Wildman–Crippen MR) is 68.8 cm³/mol. The Morgan fingerprint density at radius 1 is 1.24 bits per heavy atom. The summed E-state index contributed by atoms with van der Waals surface area (Å²) in [5, 5.41) is 16.2. The number of hydrogen-bond donors (Lipinski definition) is 3. The Morgan fingerprint density at radius 2 is 1.82 bits per heavy atom. The summed E-state index contributed by atoms with van der Waals surface area (Å²) in [6.07, 6.45) is 4.93. The molecule has 1 saturated carbocycles. The quantitative estimate of drug-likeness (QED) is 0.694. The number of rotatable bonds is 4. The number of nitrogens with one attached hydrogen (secondary N) is 2. The van der Waals surface area contributed by atoms with Crippen molar-refractivity contribution < 1.29 is 9.90 Å². The van der Waals surface area contributed by atoms with Crippen molar-refractivity contribution in [1.82, 2.24) is 10.6 Å². The summed E-state index contributed by atoms with van der Waals surface area (Å²) in [6.45, 7) is 6.76. The molecule has 1 fully saturated rings. The van der Waals surface area contributed by atoms with E-state index in [-0.39, 0.29) is 11.4 Å². The molecule has 0 aromatic rings. The van der Waals surface area contributed by atoms with Crippen molar-refractivity contribution in [2.75, 3.05) is 13.1 Å². The normalized spacial score (nSPS) is 20.0. The third-order valence-corrected chi connectivity index (χ3v) is 3.18. The summed E-state index contributed by atoms with van der Waals surface area (Å²) in [4.78, 5) is 11.6. The first kappa shape index (κ1) is 14.5. The molecule has 0 bridgehead atoms. The van der Waals surface area contributed by atoms with Crippen LogP contribution in [-0.4, -0.2) is 35.2 Å². The smallest absolute Gasteiger partial charge is 0.234 e. The molecule has 0 aliphatic heterocycles. The van der Waals surface area contributed by atoms with E-state index in [1.165, 1.54) is 6.42 Å². The first-order valence-electron chi connectivity index (χ1n) is 6.55. The van der Waals surface area contributed by atoms with Crippen molar-refractivity contribution in [2.45, 2.75) is 64.0 Å². The summed E-state index contributed by atoms with van der Waals surface area (Å²) in [7, 11) is 0. The van der Waals surface area contributed by atoms with Crippen molar-refractivity contribution in [3.8, 4) is 0 Å². The molecule has 4 heteroatoms. The second kappa shape index (κ2) is 5.83. The highest BCUT2D eigenvalue weighted by Gasteiger charge is 2.29. The molecule has 0 aromatic heterocycles. The maximum Gasteiger partial charge on any atom is 0.234 e. The van der Waals surface area contributed by atoms with Crippen LogP contribution in [0.15, 0.2) is 0 Å². The van der Waals surface area contributed by atoms with Gasteiger partial charge in [-0.3, -0.25) is 4.79 Å². The van der Waals surface area contributed by atoms with Crippen molar-refractivity contribution in [2.24, 2.45) is 0 Å². The lowest BCUT2D eigenvalue weighted by atomic mass is 9.85. The van der Waals surface area contributed by atoms with Gasteiger partial charge in [0.1, 0.15) is 0 Å². The van der Waals surface area contributed by atoms with E-state index in [4.69, 9.17) is 0 Å². The number of carbonyl (C=O) groups excluding carboxylic acids is 1. The van der Waals surface area contributed by atoms with Crippen LogP contribution in [0.25, 0.3) is 0 Å². The summed E-state index contributed by atoms with van der Waals surface area (Å²) >= 11 is 0. The molecule has 0 atom stereocenters. The van der Waals surface area contributed by atoms with E-state index in [2.05, 4.69) is 10.6 Å². The Kier molecular flexibility index (Phi) is 4.95. The lowest BCUT2D eigenvalue weighted by Crippen LogP contribution is -2.48. The van der Waals surface area contributed by atoms with Crippen LogP contribution in [0.5, 0.6) is 0 Å². The molecule has 1 rings (SSSR count). The van der Waals surface area contributed by atoms with Crippen LogP contribution >= 0.6 is 0 Å². The van der Waals surface area contributed by atoms with Crippen molar-refractivity contribution in [3.05, 3.63) is 0 Å². The van der Waals surface area contributed by atoms with E-state index in [0.717, 1.165) is 25.7 Å². The maximum atomic E-state index is 11.6. The average Bonchev–Trinajstić information content (AvgIpc) is 2.24. The minimum absolute atomic E-state index is 0.0427. The maximum absolute atomic E-state index is 11.6. The van der Waals surface area contributed by atoms with Gasteiger partial charge in [-0.1, -0.05) is 19.3 Å². The minimum atomic E-state index is -0.671. The highest BCUT2D eigenvalue weighted by Crippen LogP contribution is 2.27. The average molecular weight is 242 g/mol. The lowest BCUT2D eigenvalue weighted by Gasteiger charge is -2.32. The molecular formula is C13H26N2O2. The van der Waals surface area contributed by atoms with Crippen molar-refractivity contribution in [3.63, 3.8) is 0 Å². The van der Waals surface area contributed by atoms with Crippen molar-refractivity contribution in [1.29, 1.82) is 0 Å². The van der Waals surface area contributed by atoms with E-state index >= 15 is 0 Å². The second-order valence-corrected chi connectivity index (χ2v) is 6.17. The Labute approximate surface area is 104 Å². The van der Waals surface area contributed by atoms with E-state index in [0.29, 0.717) is 13.1 Å². The van der Waals surface area contributed by atoms with Gasteiger partial charge in [0.25, 0.3) is 0 Å². The van der Waals surface area contributed by atoms with Gasteiger partial charge in [0, 0.05) is 12.1 Å². The molecule has 0 aromatic carbocycles. The summed E-state index contributed by atoms with van der Waals surface area (Å²) in [6, 6.07) is 0. The van der Waals surface area contributed by atoms with Gasteiger partial charge in [-0.15, -0.1) is 0 Å². The van der Waals surface area contributed by atoms with Gasteiger partial charge in [0.05, 0.1) is 12.1 Å². The molecular weight excluding hydrogens is 216 g/mol. The Hall–Kier alpha value is -0.610. The summed E-state index contributed by atoms with van der Waals surface area (Å²) < 4.78 is 0. The van der Waals surface area contributed by atoms with Gasteiger partial charge < -0.3 is 15.7 Å². The molecule has 3 N–H and O–H groups in total. The monoisotopic (exact) mass is 242 g/mol. The number of aliphatic hydroxyl groups is 1. The van der Waals surface area contributed by atoms with Crippen LogP contribution in [-0.2, 0) is 4.79 Å². The zero-order valence-electron chi connectivity index (χ0n) is 11.3. The summed E-state index contributed by atoms with van der Waals surface area (Å²) in [5.41, 5.74) is -0.727. The van der Waals surface area contributed by atoms with Crippen LogP contribution < -0.4 is 10.6 Å². The lowest BCUT2D eigenvalue weighted by molar-refractivity contribution is -0.122. The van der Waals surface area contributed by atoms with Gasteiger partial charge in [0.2, 0.25) is 5.91 Å². The largest absolute Gasteiger partial charge is 0.388 e. The molecule has 0 saturated heterocycles. The van der Waals surface area contributed by atoms with E-state index in [9.17, 15) is 9.90 Å². The predicted octanol–water partition coefficient (Wildman–Crippen LogP) is 1.19. The molecule has 1 aliphatic rings. The van der Waals surface area contributed by atoms with E-state index in [1.54, 1.807) is 0 Å². The fraction of sp³-hybridized carbons (Fsp3) is 0.923. The van der Waals surface area contributed by atoms with Gasteiger partial charge in [-0.25, -0.2) is 0 Å². The Bertz CT molecular complexity index is 253. The SMILES string of the molecule is CC(C)(C)NCC(=O)NCC1(O)CCCCC1. The third kappa shape index (κ3) is 6.03. The van der Waals surface area contributed by atoms with Gasteiger partial charge in [-0.05, 0) is 33.6 Å². The molecule has 4 nitrogen and oxygen atoms in total. The molecule has 17 heavy (non-hydrogen) atoms. The molecule has 100 valence electrons. The van der Waals surface area contributed by atoms with Crippen LogP contribution in [0.4, 0.5) is 0 Å². The zero-order valence-corrected chi connectivity index (χ0v) is 11.3. The molecule has 1 amide bonds. The minimum Gasteiger partial charge on any atom is -0.388 e. The zero-order chi connectivity index (χ0) is 12.9. The Balaban J connectivity index is 2.23. The Morgan fingerprint density at radius 3 is 2.35 bits per heavy atom. The standard InChI is InChI=1S/C13H26N2O2/c1-12(2,3)15-9-11(16)14-10-13(17)7-5-4-6-8-13/h15,17H,4-10H2,1-3H3,(H,14,16). The third-order valence-electron chi connectivity index (χ3n) is 3.18. The van der Waals surface area contributed by atoms with Gasteiger partial charge in [-0.2, -0.15) is 0 Å². The number of amides is 1. The van der Waals surface area contributed by atoms with Crippen LogP contribution in [0.2, 0.25) is 0 Å². The van der Waals surface area contributed by atoms with E-state index in [1.807, 2.05) is 20.8 Å². The van der Waals surface area contributed by atoms with Gasteiger partial charge >= 0.3 is 0 Å². The van der Waals surface area contributed by atoms with Gasteiger partial charge in [0.15, 0.2) is 0 Å². The van der Waals surface area contributed by atoms with Crippen LogP contribution in [0.1, 0.15) is 52.9 Å². The van der Waals surface area contributed by atoms with Crippen LogP contribution in [0, 0.1) is 0 Å². The highest BCUT2D eigenvalue weighted by atomic mass is 16.3. The first-order valence-corrected chi connectivity index (χ1v) is 6.55. The van der Waals surface area contributed by atoms with Crippen molar-refractivity contribution >= 4 is 5.91 Å².